The van der Waals surface area contributed by atoms with Crippen molar-refractivity contribution in [3.8, 4) is 0 Å². The van der Waals surface area contributed by atoms with Crippen LogP contribution in [0.5, 0.6) is 0 Å². The van der Waals surface area contributed by atoms with Crippen LogP contribution >= 0.6 is 11.6 Å². The second-order valence-electron chi connectivity index (χ2n) is 5.47. The molecule has 1 nitrogen and oxygen atoms in total. The van der Waals surface area contributed by atoms with Gasteiger partial charge in [-0.25, -0.2) is 4.39 Å². The monoisotopic (exact) mass is 305 g/mol. The molecule has 3 heteroatoms. The summed E-state index contributed by atoms with van der Waals surface area (Å²) in [7, 11) is 0. The zero-order valence-electron chi connectivity index (χ0n) is 12.7. The van der Waals surface area contributed by atoms with Crippen LogP contribution < -0.4 is 5.32 Å². The highest BCUT2D eigenvalue weighted by molar-refractivity contribution is 6.31. The lowest BCUT2D eigenvalue weighted by Crippen LogP contribution is -2.23. The predicted molar refractivity (Wildman–Crippen MR) is 87.5 cm³/mol. The van der Waals surface area contributed by atoms with E-state index in [2.05, 4.69) is 12.2 Å². The van der Waals surface area contributed by atoms with E-state index < -0.39 is 0 Å². The van der Waals surface area contributed by atoms with Crippen molar-refractivity contribution in [2.45, 2.75) is 33.2 Å². The molecule has 0 spiro atoms. The van der Waals surface area contributed by atoms with E-state index in [1.54, 1.807) is 6.07 Å². The summed E-state index contributed by atoms with van der Waals surface area (Å²) in [5, 5.41) is 4.18. The highest BCUT2D eigenvalue weighted by atomic mass is 35.5. The molecular formula is C18H21ClFN. The second-order valence-corrected chi connectivity index (χ2v) is 5.88. The van der Waals surface area contributed by atoms with Gasteiger partial charge in [0.2, 0.25) is 0 Å². The zero-order valence-corrected chi connectivity index (χ0v) is 13.5. The maximum absolute atomic E-state index is 13.7. The van der Waals surface area contributed by atoms with Gasteiger partial charge in [0.1, 0.15) is 5.82 Å². The first kappa shape index (κ1) is 16.0. The Morgan fingerprint density at radius 1 is 1.10 bits per heavy atom. The van der Waals surface area contributed by atoms with Crippen molar-refractivity contribution in [2.75, 3.05) is 6.54 Å². The third-order valence-corrected chi connectivity index (χ3v) is 3.79. The Hall–Kier alpha value is -1.38. The van der Waals surface area contributed by atoms with E-state index in [0.717, 1.165) is 35.2 Å². The number of rotatable bonds is 5. The Labute approximate surface area is 131 Å². The lowest BCUT2D eigenvalue weighted by Gasteiger charge is -2.21. The van der Waals surface area contributed by atoms with Gasteiger partial charge < -0.3 is 5.32 Å². The molecule has 0 radical (unpaired) electrons. The molecule has 0 heterocycles. The number of hydrogen-bond acceptors (Lipinski definition) is 1. The Morgan fingerprint density at radius 3 is 2.48 bits per heavy atom. The fourth-order valence-corrected chi connectivity index (χ4v) is 2.84. The van der Waals surface area contributed by atoms with Crippen molar-refractivity contribution in [3.63, 3.8) is 0 Å². The normalized spacial score (nSPS) is 12.4. The topological polar surface area (TPSA) is 12.0 Å². The summed E-state index contributed by atoms with van der Waals surface area (Å²) in [5.74, 6) is -0.212. The Balaban J connectivity index is 2.46. The number of hydrogen-bond donors (Lipinski definition) is 1. The number of aryl methyl sites for hydroxylation is 2. The van der Waals surface area contributed by atoms with Crippen LogP contribution in [0.1, 0.15) is 41.6 Å². The van der Waals surface area contributed by atoms with Crippen molar-refractivity contribution in [3.05, 3.63) is 69.5 Å². The molecule has 21 heavy (non-hydrogen) atoms. The van der Waals surface area contributed by atoms with Crippen LogP contribution in [-0.4, -0.2) is 6.54 Å². The van der Waals surface area contributed by atoms with Gasteiger partial charge in [0.05, 0.1) is 6.04 Å². The lowest BCUT2D eigenvalue weighted by molar-refractivity contribution is 0.584. The summed E-state index contributed by atoms with van der Waals surface area (Å²) >= 11 is 6.40. The van der Waals surface area contributed by atoms with Crippen molar-refractivity contribution >= 4 is 11.6 Å². The van der Waals surface area contributed by atoms with Crippen molar-refractivity contribution in [1.29, 1.82) is 0 Å². The number of halogens is 2. The van der Waals surface area contributed by atoms with Crippen molar-refractivity contribution in [1.82, 2.24) is 5.32 Å². The van der Waals surface area contributed by atoms with Crippen LogP contribution in [0.3, 0.4) is 0 Å². The van der Waals surface area contributed by atoms with E-state index in [-0.39, 0.29) is 11.9 Å². The zero-order chi connectivity index (χ0) is 15.4. The molecule has 2 rings (SSSR count). The van der Waals surface area contributed by atoms with Gasteiger partial charge in [-0.15, -0.1) is 0 Å². The molecule has 0 fully saturated rings. The van der Waals surface area contributed by atoms with Gasteiger partial charge in [0.15, 0.2) is 0 Å². The first-order valence-corrected chi connectivity index (χ1v) is 7.65. The second kappa shape index (κ2) is 7.06. The molecule has 0 aliphatic heterocycles. The molecule has 112 valence electrons. The highest BCUT2D eigenvalue weighted by Crippen LogP contribution is 2.30. The molecule has 0 aliphatic carbocycles. The number of benzene rings is 2. The molecule has 1 atom stereocenters. The molecule has 2 aromatic rings. The van der Waals surface area contributed by atoms with Crippen molar-refractivity contribution in [2.24, 2.45) is 0 Å². The fourth-order valence-electron chi connectivity index (χ4n) is 2.49. The standard InChI is InChI=1S/C18H21ClFN/c1-4-7-21-18(14-8-13(3)9-15(20)11-14)16-6-5-12(2)10-17(16)19/h5-6,8-11,18,21H,4,7H2,1-3H3. The summed E-state index contributed by atoms with van der Waals surface area (Å²) in [6, 6.07) is 11.0. The average molecular weight is 306 g/mol. The molecular weight excluding hydrogens is 285 g/mol. The molecule has 0 saturated carbocycles. The third kappa shape index (κ3) is 4.05. The minimum atomic E-state index is -0.212. The van der Waals surface area contributed by atoms with E-state index in [4.69, 9.17) is 11.6 Å². The first-order valence-electron chi connectivity index (χ1n) is 7.27. The molecule has 0 bridgehead atoms. The van der Waals surface area contributed by atoms with E-state index >= 15 is 0 Å². The maximum Gasteiger partial charge on any atom is 0.123 e. The minimum Gasteiger partial charge on any atom is -0.306 e. The van der Waals surface area contributed by atoms with Gasteiger partial charge in [-0.2, -0.15) is 0 Å². The molecule has 0 aromatic heterocycles. The van der Waals surface area contributed by atoms with E-state index in [9.17, 15) is 4.39 Å². The molecule has 2 aromatic carbocycles. The van der Waals surface area contributed by atoms with Gasteiger partial charge in [0.25, 0.3) is 0 Å². The summed E-state index contributed by atoms with van der Waals surface area (Å²) in [4.78, 5) is 0. The smallest absolute Gasteiger partial charge is 0.123 e. The number of nitrogens with one attached hydrogen (secondary N) is 1. The van der Waals surface area contributed by atoms with Crippen LogP contribution in [0.15, 0.2) is 36.4 Å². The van der Waals surface area contributed by atoms with Crippen LogP contribution in [0, 0.1) is 19.7 Å². The van der Waals surface area contributed by atoms with Gasteiger partial charge in [0, 0.05) is 5.02 Å². The molecule has 0 saturated heterocycles. The molecule has 0 amide bonds. The predicted octanol–water partition coefficient (Wildman–Crippen LogP) is 5.18. The average Bonchev–Trinajstić information content (AvgIpc) is 2.40. The summed E-state index contributed by atoms with van der Waals surface area (Å²) in [6.45, 7) is 6.87. The third-order valence-electron chi connectivity index (χ3n) is 3.46. The van der Waals surface area contributed by atoms with Gasteiger partial charge in [-0.1, -0.05) is 36.7 Å². The summed E-state index contributed by atoms with van der Waals surface area (Å²) in [6.07, 6.45) is 1.01. The van der Waals surface area contributed by atoms with Crippen LogP contribution in [-0.2, 0) is 0 Å². The van der Waals surface area contributed by atoms with Gasteiger partial charge >= 0.3 is 0 Å². The fraction of sp³-hybridized carbons (Fsp3) is 0.333. The van der Waals surface area contributed by atoms with E-state index in [0.29, 0.717) is 5.02 Å². The van der Waals surface area contributed by atoms with Crippen LogP contribution in [0.4, 0.5) is 4.39 Å². The van der Waals surface area contributed by atoms with Gasteiger partial charge in [-0.3, -0.25) is 0 Å². The molecule has 1 unspecified atom stereocenters. The minimum absolute atomic E-state index is 0.0903. The Kier molecular flexibility index (Phi) is 5.38. The maximum atomic E-state index is 13.7. The Bertz CT molecular complexity index is 604. The highest BCUT2D eigenvalue weighted by Gasteiger charge is 2.17. The molecule has 0 aliphatic rings. The summed E-state index contributed by atoms with van der Waals surface area (Å²) in [5.41, 5.74) is 3.93. The van der Waals surface area contributed by atoms with E-state index in [1.165, 1.54) is 6.07 Å². The van der Waals surface area contributed by atoms with Crippen molar-refractivity contribution < 1.29 is 4.39 Å². The molecule has 1 N–H and O–H groups in total. The summed E-state index contributed by atoms with van der Waals surface area (Å²) < 4.78 is 13.7. The largest absolute Gasteiger partial charge is 0.306 e. The Morgan fingerprint density at radius 2 is 1.86 bits per heavy atom. The quantitative estimate of drug-likeness (QED) is 0.802. The first-order chi connectivity index (χ1) is 10.0. The lowest BCUT2D eigenvalue weighted by atomic mass is 9.96. The van der Waals surface area contributed by atoms with Crippen LogP contribution in [0.2, 0.25) is 5.02 Å². The van der Waals surface area contributed by atoms with Crippen LogP contribution in [0.25, 0.3) is 0 Å². The van der Waals surface area contributed by atoms with E-state index in [1.807, 2.05) is 38.1 Å². The SMILES string of the molecule is CCCNC(c1cc(C)cc(F)c1)c1ccc(C)cc1Cl. The van der Waals surface area contributed by atoms with Gasteiger partial charge in [-0.05, 0) is 67.3 Å².